The Hall–Kier alpha value is 0.480. The third-order valence-corrected chi connectivity index (χ3v) is 5.07. The Kier molecular flexibility index (Phi) is 10.6. The molecule has 1 aliphatic heterocycles. The van der Waals surface area contributed by atoms with Crippen LogP contribution in [-0.4, -0.2) is 36.2 Å². The Bertz CT molecular complexity index is 469. The fraction of sp³-hybridized carbons (Fsp3) is 0.600. The summed E-state index contributed by atoms with van der Waals surface area (Å²) < 4.78 is 1.75. The summed E-state index contributed by atoms with van der Waals surface area (Å²) in [5.74, 6) is 0.948. The van der Waals surface area contributed by atoms with Gasteiger partial charge >= 0.3 is 0 Å². The fourth-order valence-electron chi connectivity index (χ4n) is 2.76. The standard InChI is InChI=1S/C15H22Br2N2O.2ClH/c1-10(2)9-13(19-7-5-18-6-8-19)14-11(16)3-4-12(17)15(14)20;;/h3-4,10,13,18,20H,5-9H2,1-2H3;2*1H/t13-;;/m1../s1. The van der Waals surface area contributed by atoms with Crippen LogP contribution in [0.4, 0.5) is 0 Å². The minimum absolute atomic E-state index is 0. The second-order valence-electron chi connectivity index (χ2n) is 5.72. The van der Waals surface area contributed by atoms with Gasteiger partial charge in [-0.3, -0.25) is 4.90 Å². The van der Waals surface area contributed by atoms with Gasteiger partial charge in [0.1, 0.15) is 5.75 Å². The van der Waals surface area contributed by atoms with E-state index >= 15 is 0 Å². The Morgan fingerprint density at radius 3 is 2.23 bits per heavy atom. The fourth-order valence-corrected chi connectivity index (χ4v) is 3.69. The van der Waals surface area contributed by atoms with Gasteiger partial charge in [-0.2, -0.15) is 0 Å². The Balaban J connectivity index is 0.00000220. The highest BCUT2D eigenvalue weighted by molar-refractivity contribution is 9.11. The van der Waals surface area contributed by atoms with E-state index in [9.17, 15) is 5.11 Å². The average molecular weight is 479 g/mol. The number of hydrogen-bond acceptors (Lipinski definition) is 3. The van der Waals surface area contributed by atoms with Crippen molar-refractivity contribution in [3.8, 4) is 5.75 Å². The van der Waals surface area contributed by atoms with Crippen LogP contribution in [0.15, 0.2) is 21.1 Å². The topological polar surface area (TPSA) is 35.5 Å². The second-order valence-corrected chi connectivity index (χ2v) is 7.43. The van der Waals surface area contributed by atoms with Crippen molar-refractivity contribution in [3.63, 3.8) is 0 Å². The SMILES string of the molecule is CC(C)C[C@H](c1c(Br)ccc(Br)c1O)N1CCNCC1.Cl.Cl. The minimum atomic E-state index is 0. The van der Waals surface area contributed by atoms with Crippen molar-refractivity contribution in [2.24, 2.45) is 5.92 Å². The monoisotopic (exact) mass is 476 g/mol. The zero-order valence-corrected chi connectivity index (χ0v) is 17.6. The largest absolute Gasteiger partial charge is 0.506 e. The molecule has 3 nitrogen and oxygen atoms in total. The number of phenols is 1. The van der Waals surface area contributed by atoms with Crippen LogP contribution in [-0.2, 0) is 0 Å². The minimum Gasteiger partial charge on any atom is -0.506 e. The molecule has 1 heterocycles. The summed E-state index contributed by atoms with van der Waals surface area (Å²) in [5, 5.41) is 13.9. The van der Waals surface area contributed by atoms with Crippen molar-refractivity contribution in [3.05, 3.63) is 26.6 Å². The van der Waals surface area contributed by atoms with Crippen molar-refractivity contribution < 1.29 is 5.11 Å². The first-order valence-electron chi connectivity index (χ1n) is 7.12. The van der Waals surface area contributed by atoms with Crippen LogP contribution in [0.25, 0.3) is 0 Å². The lowest BCUT2D eigenvalue weighted by atomic mass is 9.94. The van der Waals surface area contributed by atoms with E-state index in [4.69, 9.17) is 0 Å². The van der Waals surface area contributed by atoms with E-state index in [1.54, 1.807) is 0 Å². The molecule has 1 fully saturated rings. The average Bonchev–Trinajstić information content (AvgIpc) is 2.43. The van der Waals surface area contributed by atoms with Crippen molar-refractivity contribution in [2.45, 2.75) is 26.3 Å². The summed E-state index contributed by atoms with van der Waals surface area (Å²) in [4.78, 5) is 2.47. The highest BCUT2D eigenvalue weighted by Crippen LogP contribution is 2.42. The maximum atomic E-state index is 10.5. The maximum absolute atomic E-state index is 10.5. The molecule has 0 unspecified atom stereocenters. The van der Waals surface area contributed by atoms with E-state index in [0.717, 1.165) is 47.1 Å². The molecule has 0 saturated carbocycles. The molecule has 0 aromatic heterocycles. The van der Waals surface area contributed by atoms with Crippen LogP contribution in [0.5, 0.6) is 5.75 Å². The summed E-state index contributed by atoms with van der Waals surface area (Å²) in [5.41, 5.74) is 1.01. The van der Waals surface area contributed by atoms with E-state index in [1.807, 2.05) is 12.1 Å². The summed E-state index contributed by atoms with van der Waals surface area (Å²) >= 11 is 7.05. The number of phenolic OH excluding ortho intramolecular Hbond substituents is 1. The number of piperazine rings is 1. The van der Waals surface area contributed by atoms with Gasteiger partial charge < -0.3 is 10.4 Å². The van der Waals surface area contributed by atoms with Crippen molar-refractivity contribution in [1.82, 2.24) is 10.2 Å². The van der Waals surface area contributed by atoms with Crippen molar-refractivity contribution in [2.75, 3.05) is 26.2 Å². The van der Waals surface area contributed by atoms with Crippen LogP contribution in [0.2, 0.25) is 0 Å². The number of hydrogen-bond donors (Lipinski definition) is 2. The molecule has 1 aromatic carbocycles. The number of nitrogens with one attached hydrogen (secondary N) is 1. The van der Waals surface area contributed by atoms with Crippen molar-refractivity contribution >= 4 is 56.7 Å². The first kappa shape index (κ1) is 22.5. The molecule has 2 rings (SSSR count). The number of benzene rings is 1. The van der Waals surface area contributed by atoms with E-state index in [-0.39, 0.29) is 30.9 Å². The Labute approximate surface area is 162 Å². The van der Waals surface area contributed by atoms with Gasteiger partial charge in [-0.15, -0.1) is 24.8 Å². The normalized spacial score (nSPS) is 16.8. The van der Waals surface area contributed by atoms with Gasteiger partial charge in [-0.05, 0) is 40.4 Å². The molecule has 0 amide bonds. The molecule has 1 atom stereocenters. The van der Waals surface area contributed by atoms with Crippen molar-refractivity contribution in [1.29, 1.82) is 0 Å². The molecule has 7 heteroatoms. The smallest absolute Gasteiger partial charge is 0.135 e. The lowest BCUT2D eigenvalue weighted by Gasteiger charge is -2.37. The molecule has 128 valence electrons. The van der Waals surface area contributed by atoms with Gasteiger partial charge in [-0.25, -0.2) is 0 Å². The molecular weight excluding hydrogens is 455 g/mol. The van der Waals surface area contributed by atoms with Gasteiger partial charge in [0.25, 0.3) is 0 Å². The Morgan fingerprint density at radius 2 is 1.68 bits per heavy atom. The highest BCUT2D eigenvalue weighted by Gasteiger charge is 2.27. The highest BCUT2D eigenvalue weighted by atomic mass is 79.9. The first-order valence-corrected chi connectivity index (χ1v) is 8.71. The van der Waals surface area contributed by atoms with E-state index in [1.165, 1.54) is 0 Å². The number of aromatic hydroxyl groups is 1. The van der Waals surface area contributed by atoms with Crippen LogP contribution in [0, 0.1) is 5.92 Å². The summed E-state index contributed by atoms with van der Waals surface area (Å²) in [6.45, 7) is 8.55. The number of halogens is 4. The summed E-state index contributed by atoms with van der Waals surface area (Å²) in [7, 11) is 0. The zero-order chi connectivity index (χ0) is 14.7. The first-order chi connectivity index (χ1) is 9.50. The van der Waals surface area contributed by atoms with E-state index < -0.39 is 0 Å². The molecule has 22 heavy (non-hydrogen) atoms. The zero-order valence-electron chi connectivity index (χ0n) is 12.8. The maximum Gasteiger partial charge on any atom is 0.135 e. The Morgan fingerprint density at radius 1 is 1.14 bits per heavy atom. The lowest BCUT2D eigenvalue weighted by molar-refractivity contribution is 0.151. The van der Waals surface area contributed by atoms with E-state index in [2.05, 4.69) is 55.9 Å². The predicted octanol–water partition coefficient (Wildman–Crippen LogP) is 4.75. The van der Waals surface area contributed by atoms with Gasteiger partial charge in [0.05, 0.1) is 4.47 Å². The van der Waals surface area contributed by atoms with Crippen LogP contribution in [0.3, 0.4) is 0 Å². The number of rotatable bonds is 4. The summed E-state index contributed by atoms with van der Waals surface area (Å²) in [6.07, 6.45) is 1.04. The number of nitrogens with zero attached hydrogens (tertiary/aromatic N) is 1. The lowest BCUT2D eigenvalue weighted by Crippen LogP contribution is -2.45. The van der Waals surface area contributed by atoms with Gasteiger partial charge in [0.2, 0.25) is 0 Å². The molecule has 0 spiro atoms. The van der Waals surface area contributed by atoms with Gasteiger partial charge in [0, 0.05) is 42.3 Å². The van der Waals surface area contributed by atoms with Crippen LogP contribution >= 0.6 is 56.7 Å². The molecule has 1 aliphatic rings. The van der Waals surface area contributed by atoms with Crippen LogP contribution < -0.4 is 5.32 Å². The predicted molar refractivity (Wildman–Crippen MR) is 105 cm³/mol. The molecule has 1 aromatic rings. The third-order valence-electron chi connectivity index (χ3n) is 3.73. The molecule has 1 saturated heterocycles. The molecular formula is C15H24Br2Cl2N2O. The molecule has 2 N–H and O–H groups in total. The van der Waals surface area contributed by atoms with Gasteiger partial charge in [-0.1, -0.05) is 29.8 Å². The molecule has 0 aliphatic carbocycles. The molecule has 0 radical (unpaired) electrons. The second kappa shape index (κ2) is 10.4. The van der Waals surface area contributed by atoms with Crippen LogP contribution in [0.1, 0.15) is 31.9 Å². The molecule has 0 bridgehead atoms. The van der Waals surface area contributed by atoms with E-state index in [0.29, 0.717) is 11.7 Å². The third kappa shape index (κ3) is 5.53. The summed E-state index contributed by atoms with van der Waals surface area (Å²) in [6, 6.07) is 4.14. The van der Waals surface area contributed by atoms with Gasteiger partial charge in [0.15, 0.2) is 0 Å². The quantitative estimate of drug-likeness (QED) is 0.655.